The summed E-state index contributed by atoms with van der Waals surface area (Å²) in [6, 6.07) is 0.683. The lowest BCUT2D eigenvalue weighted by molar-refractivity contribution is -0.0826. The van der Waals surface area contributed by atoms with E-state index in [4.69, 9.17) is 4.74 Å². The molecule has 0 unspecified atom stereocenters. The Kier molecular flexibility index (Phi) is 4.64. The molecule has 0 N–H and O–H groups in total. The van der Waals surface area contributed by atoms with Gasteiger partial charge >= 0.3 is 0 Å². The minimum atomic E-state index is 0.353. The summed E-state index contributed by atoms with van der Waals surface area (Å²) in [5.41, 5.74) is 2.04. The highest BCUT2D eigenvalue weighted by Gasteiger charge is 2.31. The van der Waals surface area contributed by atoms with E-state index in [0.717, 1.165) is 43.4 Å². The van der Waals surface area contributed by atoms with E-state index >= 15 is 0 Å². The Hall–Kier alpha value is -1.20. The van der Waals surface area contributed by atoms with E-state index < -0.39 is 0 Å². The van der Waals surface area contributed by atoms with Gasteiger partial charge in [-0.1, -0.05) is 0 Å². The van der Waals surface area contributed by atoms with Gasteiger partial charge in [-0.2, -0.15) is 0 Å². The molecule has 2 saturated heterocycles. The third-order valence-corrected chi connectivity index (χ3v) is 4.78. The minimum Gasteiger partial charge on any atom is -0.373 e. The van der Waals surface area contributed by atoms with Crippen LogP contribution < -0.4 is 4.90 Å². The molecule has 5 nitrogen and oxygen atoms in total. The number of rotatable bonds is 2. The number of morpholine rings is 1. The van der Waals surface area contributed by atoms with Crippen LogP contribution in [0.5, 0.6) is 0 Å². The number of hydrogen-bond acceptors (Lipinski definition) is 5. The molecule has 3 heterocycles. The van der Waals surface area contributed by atoms with Gasteiger partial charge in [0.25, 0.3) is 0 Å². The quantitative estimate of drug-likeness (QED) is 0.837. The van der Waals surface area contributed by atoms with Crippen LogP contribution in [0.3, 0.4) is 0 Å². The zero-order valence-electron chi connectivity index (χ0n) is 14.2. The third kappa shape index (κ3) is 3.41. The van der Waals surface area contributed by atoms with Crippen LogP contribution in [-0.4, -0.2) is 59.3 Å². The van der Waals surface area contributed by atoms with Gasteiger partial charge in [-0.15, -0.1) is 0 Å². The van der Waals surface area contributed by atoms with Crippen LogP contribution in [0.1, 0.15) is 38.1 Å². The van der Waals surface area contributed by atoms with E-state index in [-0.39, 0.29) is 0 Å². The highest BCUT2D eigenvalue weighted by molar-refractivity contribution is 5.43. The molecule has 122 valence electrons. The molecule has 0 radical (unpaired) electrons. The monoisotopic (exact) mass is 304 g/mol. The van der Waals surface area contributed by atoms with Crippen LogP contribution in [0.4, 0.5) is 5.82 Å². The number of aromatic nitrogens is 2. The van der Waals surface area contributed by atoms with Crippen LogP contribution in [0, 0.1) is 13.8 Å². The van der Waals surface area contributed by atoms with Crippen molar-refractivity contribution < 1.29 is 4.74 Å². The first kappa shape index (κ1) is 15.7. The fourth-order valence-electron chi connectivity index (χ4n) is 3.78. The molecular weight excluding hydrogens is 276 g/mol. The number of anilines is 1. The number of aryl methyl sites for hydroxylation is 2. The van der Waals surface area contributed by atoms with E-state index in [1.807, 2.05) is 13.1 Å². The highest BCUT2D eigenvalue weighted by atomic mass is 16.5. The smallest absolute Gasteiger partial charge is 0.150 e. The molecule has 0 spiro atoms. The van der Waals surface area contributed by atoms with Crippen molar-refractivity contribution in [2.75, 3.05) is 31.1 Å². The van der Waals surface area contributed by atoms with Crippen LogP contribution >= 0.6 is 0 Å². The summed E-state index contributed by atoms with van der Waals surface area (Å²) in [4.78, 5) is 14.2. The Balaban J connectivity index is 1.61. The van der Waals surface area contributed by atoms with Gasteiger partial charge in [0.05, 0.1) is 23.6 Å². The van der Waals surface area contributed by atoms with Crippen LogP contribution in [0.2, 0.25) is 0 Å². The molecule has 0 bridgehead atoms. The summed E-state index contributed by atoms with van der Waals surface area (Å²) in [6.45, 7) is 12.7. The predicted molar refractivity (Wildman–Crippen MR) is 88.3 cm³/mol. The first-order valence-electron chi connectivity index (χ1n) is 8.47. The van der Waals surface area contributed by atoms with Crippen molar-refractivity contribution in [2.45, 2.75) is 58.8 Å². The molecule has 0 aromatic carbocycles. The Morgan fingerprint density at radius 1 is 1.09 bits per heavy atom. The first-order valence-corrected chi connectivity index (χ1v) is 8.47. The van der Waals surface area contributed by atoms with Gasteiger partial charge in [0.2, 0.25) is 0 Å². The standard InChI is InChI=1S/C17H28N4O/c1-12-9-18-15(4)17(19-12)20-7-5-16(6-8-20)21-10-13(2)22-14(3)11-21/h9,13-14,16H,5-8,10-11H2,1-4H3/t13-,14+. The molecule has 2 fully saturated rings. The van der Waals surface area contributed by atoms with Crippen LogP contribution in [0.25, 0.3) is 0 Å². The molecule has 2 atom stereocenters. The Labute approximate surface area is 133 Å². The van der Waals surface area contributed by atoms with Crippen molar-refractivity contribution in [1.29, 1.82) is 0 Å². The topological polar surface area (TPSA) is 41.5 Å². The third-order valence-electron chi connectivity index (χ3n) is 4.78. The van der Waals surface area contributed by atoms with Crippen molar-refractivity contribution in [2.24, 2.45) is 0 Å². The first-order chi connectivity index (χ1) is 10.5. The maximum Gasteiger partial charge on any atom is 0.150 e. The molecule has 0 amide bonds. The van der Waals surface area contributed by atoms with Gasteiger partial charge in [-0.3, -0.25) is 9.88 Å². The Morgan fingerprint density at radius 2 is 1.73 bits per heavy atom. The lowest BCUT2D eigenvalue weighted by Crippen LogP contribution is -2.53. The summed E-state index contributed by atoms with van der Waals surface area (Å²) < 4.78 is 5.86. The largest absolute Gasteiger partial charge is 0.373 e. The maximum atomic E-state index is 5.86. The van der Waals surface area contributed by atoms with Gasteiger partial charge in [-0.25, -0.2) is 4.98 Å². The second kappa shape index (κ2) is 6.50. The molecule has 3 rings (SSSR count). The average Bonchev–Trinajstić information content (AvgIpc) is 2.49. The summed E-state index contributed by atoms with van der Waals surface area (Å²) in [5, 5.41) is 0. The van der Waals surface area contributed by atoms with Crippen LogP contribution in [0.15, 0.2) is 6.20 Å². The second-order valence-electron chi connectivity index (χ2n) is 6.85. The van der Waals surface area contributed by atoms with E-state index in [1.54, 1.807) is 0 Å². The highest BCUT2D eigenvalue weighted by Crippen LogP contribution is 2.25. The SMILES string of the molecule is Cc1cnc(C)c(N2CCC(N3C[C@@H](C)O[C@@H](C)C3)CC2)n1. The lowest BCUT2D eigenvalue weighted by atomic mass is 10.0. The zero-order chi connectivity index (χ0) is 15.7. The van der Waals surface area contributed by atoms with Crippen molar-refractivity contribution in [3.05, 3.63) is 17.6 Å². The number of piperidine rings is 1. The number of nitrogens with zero attached hydrogens (tertiary/aromatic N) is 4. The molecule has 22 heavy (non-hydrogen) atoms. The van der Waals surface area contributed by atoms with Crippen LogP contribution in [-0.2, 0) is 4.74 Å². The summed E-state index contributed by atoms with van der Waals surface area (Å²) in [6.07, 6.45) is 4.96. The molecule has 0 aliphatic carbocycles. The Morgan fingerprint density at radius 3 is 2.36 bits per heavy atom. The van der Waals surface area contributed by atoms with Gasteiger partial charge in [0, 0.05) is 38.4 Å². The van der Waals surface area contributed by atoms with Crippen molar-refractivity contribution in [3.63, 3.8) is 0 Å². The zero-order valence-corrected chi connectivity index (χ0v) is 14.2. The minimum absolute atomic E-state index is 0.353. The second-order valence-corrected chi connectivity index (χ2v) is 6.85. The van der Waals surface area contributed by atoms with Gasteiger partial charge in [0.15, 0.2) is 0 Å². The normalized spacial score (nSPS) is 28.1. The Bertz CT molecular complexity index is 503. The van der Waals surface area contributed by atoms with Gasteiger partial charge in [-0.05, 0) is 40.5 Å². The summed E-state index contributed by atoms with van der Waals surface area (Å²) >= 11 is 0. The molecule has 0 saturated carbocycles. The number of ether oxygens (including phenoxy) is 1. The van der Waals surface area contributed by atoms with Gasteiger partial charge < -0.3 is 9.64 Å². The van der Waals surface area contributed by atoms with E-state index in [2.05, 4.69) is 40.5 Å². The fraction of sp³-hybridized carbons (Fsp3) is 0.765. The molecule has 2 aliphatic heterocycles. The maximum absolute atomic E-state index is 5.86. The molecule has 1 aromatic heterocycles. The number of hydrogen-bond donors (Lipinski definition) is 0. The molecule has 5 heteroatoms. The van der Waals surface area contributed by atoms with E-state index in [1.165, 1.54) is 12.8 Å². The summed E-state index contributed by atoms with van der Waals surface area (Å²) in [5.74, 6) is 1.07. The predicted octanol–water partition coefficient (Wildman–Crippen LogP) is 2.17. The molecule has 2 aliphatic rings. The molecular formula is C17H28N4O. The van der Waals surface area contributed by atoms with E-state index in [0.29, 0.717) is 18.2 Å². The van der Waals surface area contributed by atoms with Crippen molar-refractivity contribution in [3.8, 4) is 0 Å². The van der Waals surface area contributed by atoms with E-state index in [9.17, 15) is 0 Å². The van der Waals surface area contributed by atoms with Crippen molar-refractivity contribution in [1.82, 2.24) is 14.9 Å². The summed E-state index contributed by atoms with van der Waals surface area (Å²) in [7, 11) is 0. The fourth-order valence-corrected chi connectivity index (χ4v) is 3.78. The lowest BCUT2D eigenvalue weighted by Gasteiger charge is -2.43. The average molecular weight is 304 g/mol. The van der Waals surface area contributed by atoms with Gasteiger partial charge in [0.1, 0.15) is 5.82 Å². The molecule has 1 aromatic rings. The van der Waals surface area contributed by atoms with Crippen molar-refractivity contribution >= 4 is 5.82 Å².